The maximum atomic E-state index is 5.74. The predicted molar refractivity (Wildman–Crippen MR) is 56.1 cm³/mol. The maximum absolute atomic E-state index is 5.74. The van der Waals surface area contributed by atoms with Gasteiger partial charge in [0, 0.05) is 19.3 Å². The third-order valence-corrected chi connectivity index (χ3v) is 2.40. The van der Waals surface area contributed by atoms with Crippen LogP contribution >= 0.6 is 0 Å². The van der Waals surface area contributed by atoms with E-state index >= 15 is 0 Å². The van der Waals surface area contributed by atoms with E-state index in [2.05, 4.69) is 10.3 Å². The summed E-state index contributed by atoms with van der Waals surface area (Å²) in [6, 6.07) is 1.88. The first-order chi connectivity index (χ1) is 6.86. The summed E-state index contributed by atoms with van der Waals surface area (Å²) in [5.74, 6) is 0. The van der Waals surface area contributed by atoms with Gasteiger partial charge in [-0.15, -0.1) is 0 Å². The van der Waals surface area contributed by atoms with Gasteiger partial charge in [-0.3, -0.25) is 4.98 Å². The average Bonchev–Trinajstić information content (AvgIpc) is 2.69. The Labute approximate surface area is 83.5 Å². The Morgan fingerprint density at radius 2 is 2.57 bits per heavy atom. The molecule has 0 radical (unpaired) electrons. The highest BCUT2D eigenvalue weighted by Crippen LogP contribution is 2.17. The lowest BCUT2D eigenvalue weighted by atomic mass is 10.2. The molecule has 76 valence electrons. The molecule has 1 aromatic heterocycles. The number of ether oxygens (including phenoxy) is 1. The molecule has 1 atom stereocenters. The Balaban J connectivity index is 1.88. The zero-order chi connectivity index (χ0) is 9.80. The molecule has 1 unspecified atom stereocenters. The summed E-state index contributed by atoms with van der Waals surface area (Å²) in [4.78, 5) is 3.93. The summed E-state index contributed by atoms with van der Waals surface area (Å²) in [6.07, 6.45) is 6.02. The van der Waals surface area contributed by atoms with E-state index in [0.717, 1.165) is 31.7 Å². The third-order valence-electron chi connectivity index (χ3n) is 2.40. The van der Waals surface area contributed by atoms with Crippen molar-refractivity contribution in [2.24, 2.45) is 0 Å². The molecule has 1 fully saturated rings. The Morgan fingerprint density at radius 3 is 3.29 bits per heavy atom. The fourth-order valence-corrected chi connectivity index (χ4v) is 1.60. The minimum Gasteiger partial charge on any atom is -0.396 e. The van der Waals surface area contributed by atoms with Crippen molar-refractivity contribution < 1.29 is 4.74 Å². The lowest BCUT2D eigenvalue weighted by Gasteiger charge is -2.12. The summed E-state index contributed by atoms with van der Waals surface area (Å²) in [6.45, 7) is 1.71. The number of nitrogens with zero attached hydrogens (tertiary/aromatic N) is 1. The van der Waals surface area contributed by atoms with Gasteiger partial charge >= 0.3 is 0 Å². The average molecular weight is 193 g/mol. The summed E-state index contributed by atoms with van der Waals surface area (Å²) in [5.41, 5.74) is 7.37. The van der Waals surface area contributed by atoms with Crippen molar-refractivity contribution in [1.82, 2.24) is 4.98 Å². The molecule has 0 amide bonds. The van der Waals surface area contributed by atoms with Gasteiger partial charge in [-0.1, -0.05) is 0 Å². The molecule has 4 heteroatoms. The first-order valence-corrected chi connectivity index (χ1v) is 4.91. The van der Waals surface area contributed by atoms with Crippen LogP contribution in [0.5, 0.6) is 0 Å². The lowest BCUT2D eigenvalue weighted by Crippen LogP contribution is -2.18. The molecule has 0 spiro atoms. The molecular weight excluding hydrogens is 178 g/mol. The van der Waals surface area contributed by atoms with Crippen LogP contribution in [0.15, 0.2) is 18.5 Å². The Morgan fingerprint density at radius 1 is 1.64 bits per heavy atom. The van der Waals surface area contributed by atoms with Crippen LogP contribution in [0.3, 0.4) is 0 Å². The third kappa shape index (κ3) is 2.14. The van der Waals surface area contributed by atoms with Crippen LogP contribution in [-0.4, -0.2) is 24.2 Å². The highest BCUT2D eigenvalue weighted by Gasteiger charge is 2.14. The number of anilines is 2. The largest absolute Gasteiger partial charge is 0.396 e. The van der Waals surface area contributed by atoms with E-state index in [0.29, 0.717) is 11.8 Å². The quantitative estimate of drug-likeness (QED) is 0.758. The summed E-state index contributed by atoms with van der Waals surface area (Å²) < 4.78 is 5.50. The van der Waals surface area contributed by atoms with Crippen LogP contribution in [0.4, 0.5) is 11.4 Å². The van der Waals surface area contributed by atoms with Gasteiger partial charge in [-0.05, 0) is 18.9 Å². The van der Waals surface area contributed by atoms with Gasteiger partial charge in [0.1, 0.15) is 0 Å². The molecule has 1 saturated heterocycles. The molecule has 1 aliphatic heterocycles. The molecule has 0 saturated carbocycles. The van der Waals surface area contributed by atoms with Gasteiger partial charge in [0.15, 0.2) is 0 Å². The number of pyridine rings is 1. The second-order valence-electron chi connectivity index (χ2n) is 3.48. The number of rotatable bonds is 3. The van der Waals surface area contributed by atoms with Crippen molar-refractivity contribution >= 4 is 11.4 Å². The van der Waals surface area contributed by atoms with E-state index in [1.54, 1.807) is 12.4 Å². The number of hydrogen-bond donors (Lipinski definition) is 2. The van der Waals surface area contributed by atoms with Gasteiger partial charge in [-0.25, -0.2) is 0 Å². The van der Waals surface area contributed by atoms with Gasteiger partial charge < -0.3 is 15.8 Å². The first-order valence-electron chi connectivity index (χ1n) is 4.91. The number of hydrogen-bond acceptors (Lipinski definition) is 4. The van der Waals surface area contributed by atoms with Crippen LogP contribution < -0.4 is 11.1 Å². The SMILES string of the molecule is Nc1cnccc1NCC1CCCO1. The van der Waals surface area contributed by atoms with E-state index in [9.17, 15) is 0 Å². The van der Waals surface area contributed by atoms with E-state index in [-0.39, 0.29) is 0 Å². The van der Waals surface area contributed by atoms with Crippen LogP contribution in [0.2, 0.25) is 0 Å². The van der Waals surface area contributed by atoms with Crippen LogP contribution in [0, 0.1) is 0 Å². The summed E-state index contributed by atoms with van der Waals surface area (Å²) in [7, 11) is 0. The topological polar surface area (TPSA) is 60.2 Å². The lowest BCUT2D eigenvalue weighted by molar-refractivity contribution is 0.120. The fraction of sp³-hybridized carbons (Fsp3) is 0.500. The molecule has 1 aliphatic rings. The Hall–Kier alpha value is -1.29. The van der Waals surface area contributed by atoms with Crippen molar-refractivity contribution in [1.29, 1.82) is 0 Å². The number of nitrogens with one attached hydrogen (secondary N) is 1. The smallest absolute Gasteiger partial charge is 0.0748 e. The van der Waals surface area contributed by atoms with E-state index in [4.69, 9.17) is 10.5 Å². The first kappa shape index (κ1) is 9.27. The van der Waals surface area contributed by atoms with Crippen molar-refractivity contribution in [3.8, 4) is 0 Å². The van der Waals surface area contributed by atoms with E-state index < -0.39 is 0 Å². The molecular formula is C10H15N3O. The summed E-state index contributed by atoms with van der Waals surface area (Å²) >= 11 is 0. The minimum absolute atomic E-state index is 0.336. The standard InChI is InChI=1S/C10H15N3O/c11-9-7-12-4-3-10(9)13-6-8-2-1-5-14-8/h3-4,7-8H,1-2,5-6,11H2,(H,12,13). The van der Waals surface area contributed by atoms with E-state index in [1.807, 2.05) is 6.07 Å². The zero-order valence-electron chi connectivity index (χ0n) is 8.07. The molecule has 0 bridgehead atoms. The highest BCUT2D eigenvalue weighted by molar-refractivity contribution is 5.64. The maximum Gasteiger partial charge on any atom is 0.0748 e. The van der Waals surface area contributed by atoms with Crippen molar-refractivity contribution in [2.45, 2.75) is 18.9 Å². The van der Waals surface area contributed by atoms with Gasteiger partial charge in [-0.2, -0.15) is 0 Å². The molecule has 2 rings (SSSR count). The molecule has 4 nitrogen and oxygen atoms in total. The second kappa shape index (κ2) is 4.28. The number of aromatic nitrogens is 1. The van der Waals surface area contributed by atoms with Crippen LogP contribution in [0.1, 0.15) is 12.8 Å². The molecule has 1 aromatic rings. The fourth-order valence-electron chi connectivity index (χ4n) is 1.60. The van der Waals surface area contributed by atoms with Gasteiger partial charge in [0.2, 0.25) is 0 Å². The molecule has 0 aliphatic carbocycles. The minimum atomic E-state index is 0.336. The zero-order valence-corrected chi connectivity index (χ0v) is 8.07. The monoisotopic (exact) mass is 193 g/mol. The molecule has 14 heavy (non-hydrogen) atoms. The van der Waals surface area contributed by atoms with Crippen LogP contribution in [0.25, 0.3) is 0 Å². The van der Waals surface area contributed by atoms with Crippen molar-refractivity contribution in [3.05, 3.63) is 18.5 Å². The molecule has 2 heterocycles. The Kier molecular flexibility index (Phi) is 2.84. The van der Waals surface area contributed by atoms with Crippen molar-refractivity contribution in [3.63, 3.8) is 0 Å². The van der Waals surface area contributed by atoms with Crippen LogP contribution in [-0.2, 0) is 4.74 Å². The Bertz CT molecular complexity index is 297. The normalized spacial score (nSPS) is 21.0. The highest BCUT2D eigenvalue weighted by atomic mass is 16.5. The number of nitrogens with two attached hydrogens (primary N) is 1. The molecule has 3 N–H and O–H groups in total. The predicted octanol–water partition coefficient (Wildman–Crippen LogP) is 1.25. The number of nitrogen functional groups attached to an aromatic ring is 1. The van der Waals surface area contributed by atoms with E-state index in [1.165, 1.54) is 0 Å². The summed E-state index contributed by atoms with van der Waals surface area (Å²) in [5, 5.41) is 3.26. The second-order valence-corrected chi connectivity index (χ2v) is 3.48. The molecule has 0 aromatic carbocycles. The van der Waals surface area contributed by atoms with Gasteiger partial charge in [0.25, 0.3) is 0 Å². The van der Waals surface area contributed by atoms with Crippen molar-refractivity contribution in [2.75, 3.05) is 24.2 Å². The van der Waals surface area contributed by atoms with Gasteiger partial charge in [0.05, 0.1) is 23.7 Å².